The van der Waals surface area contributed by atoms with Gasteiger partial charge in [0, 0.05) is 19.5 Å². The molecular formula is C23H28N2O2. The monoisotopic (exact) mass is 364 g/mol. The van der Waals surface area contributed by atoms with E-state index in [4.69, 9.17) is 0 Å². The molecule has 4 nitrogen and oxygen atoms in total. The first-order valence-corrected chi connectivity index (χ1v) is 9.70. The Hall–Kier alpha value is -2.62. The maximum atomic E-state index is 13.3. The smallest absolute Gasteiger partial charge is 0.225 e. The third-order valence-electron chi connectivity index (χ3n) is 5.27. The Bertz CT molecular complexity index is 756. The lowest BCUT2D eigenvalue weighted by molar-refractivity contribution is -0.135. The van der Waals surface area contributed by atoms with Gasteiger partial charge < -0.3 is 10.2 Å². The van der Waals surface area contributed by atoms with Crippen LogP contribution >= 0.6 is 0 Å². The molecule has 0 radical (unpaired) electrons. The fourth-order valence-corrected chi connectivity index (χ4v) is 3.55. The molecule has 4 heteroatoms. The maximum absolute atomic E-state index is 13.3. The quantitative estimate of drug-likeness (QED) is 0.767. The van der Waals surface area contributed by atoms with Crippen LogP contribution in [0.15, 0.2) is 60.7 Å². The van der Waals surface area contributed by atoms with Gasteiger partial charge in [0.1, 0.15) is 0 Å². The van der Waals surface area contributed by atoms with Crippen LogP contribution in [0.2, 0.25) is 0 Å². The third-order valence-corrected chi connectivity index (χ3v) is 5.27. The summed E-state index contributed by atoms with van der Waals surface area (Å²) in [5.74, 6) is 0.552. The SMILES string of the molecule is CC(=O)NC(CC(=O)N(Cc1ccccc1)C(C)C1CC1)c1ccccc1. The van der Waals surface area contributed by atoms with E-state index in [1.54, 1.807) is 0 Å². The van der Waals surface area contributed by atoms with Crippen LogP contribution in [0.4, 0.5) is 0 Å². The van der Waals surface area contributed by atoms with Gasteiger partial charge in [-0.1, -0.05) is 60.7 Å². The highest BCUT2D eigenvalue weighted by Crippen LogP contribution is 2.36. The number of nitrogens with zero attached hydrogens (tertiary/aromatic N) is 1. The van der Waals surface area contributed by atoms with E-state index in [0.717, 1.165) is 11.1 Å². The molecule has 2 aromatic rings. The first-order valence-electron chi connectivity index (χ1n) is 9.70. The first kappa shape index (κ1) is 19.2. The third kappa shape index (κ3) is 5.43. The molecule has 2 amide bonds. The summed E-state index contributed by atoms with van der Waals surface area (Å²) >= 11 is 0. The Kier molecular flexibility index (Phi) is 6.28. The van der Waals surface area contributed by atoms with E-state index in [2.05, 4.69) is 24.4 Å². The van der Waals surface area contributed by atoms with E-state index in [1.807, 2.05) is 53.4 Å². The minimum Gasteiger partial charge on any atom is -0.349 e. The number of hydrogen-bond acceptors (Lipinski definition) is 2. The molecule has 2 unspecified atom stereocenters. The van der Waals surface area contributed by atoms with Gasteiger partial charge in [-0.2, -0.15) is 0 Å². The van der Waals surface area contributed by atoms with Crippen molar-refractivity contribution in [3.8, 4) is 0 Å². The van der Waals surface area contributed by atoms with E-state index < -0.39 is 0 Å². The lowest BCUT2D eigenvalue weighted by atomic mass is 10.0. The van der Waals surface area contributed by atoms with Gasteiger partial charge in [0.25, 0.3) is 0 Å². The van der Waals surface area contributed by atoms with Crippen LogP contribution in [0.3, 0.4) is 0 Å². The standard InChI is InChI=1S/C23H28N2O2/c1-17(20-13-14-20)25(16-19-9-5-3-6-10-19)23(27)15-22(24-18(2)26)21-11-7-4-8-12-21/h3-12,17,20,22H,13-16H2,1-2H3,(H,24,26). The van der Waals surface area contributed by atoms with Crippen LogP contribution in [-0.2, 0) is 16.1 Å². The van der Waals surface area contributed by atoms with Gasteiger partial charge in [-0.25, -0.2) is 0 Å². The molecule has 0 heterocycles. The van der Waals surface area contributed by atoms with Crippen molar-refractivity contribution in [2.75, 3.05) is 0 Å². The zero-order valence-corrected chi connectivity index (χ0v) is 16.1. The molecule has 0 aromatic heterocycles. The molecule has 142 valence electrons. The zero-order valence-electron chi connectivity index (χ0n) is 16.1. The van der Waals surface area contributed by atoms with Crippen molar-refractivity contribution in [2.24, 2.45) is 5.92 Å². The normalized spacial score (nSPS) is 15.6. The molecule has 0 bridgehead atoms. The second kappa shape index (κ2) is 8.85. The topological polar surface area (TPSA) is 49.4 Å². The molecule has 1 aliphatic rings. The molecular weight excluding hydrogens is 336 g/mol. The maximum Gasteiger partial charge on any atom is 0.225 e. The fraction of sp³-hybridized carbons (Fsp3) is 0.391. The van der Waals surface area contributed by atoms with Crippen LogP contribution in [0.25, 0.3) is 0 Å². The van der Waals surface area contributed by atoms with Gasteiger partial charge in [0.05, 0.1) is 12.5 Å². The molecule has 3 rings (SSSR count). The van der Waals surface area contributed by atoms with Crippen LogP contribution in [0.5, 0.6) is 0 Å². The van der Waals surface area contributed by atoms with E-state index in [-0.39, 0.29) is 30.3 Å². The van der Waals surface area contributed by atoms with Crippen molar-refractivity contribution in [2.45, 2.75) is 51.7 Å². The zero-order chi connectivity index (χ0) is 19.2. The van der Waals surface area contributed by atoms with E-state index in [0.29, 0.717) is 12.5 Å². The van der Waals surface area contributed by atoms with Crippen molar-refractivity contribution in [1.29, 1.82) is 0 Å². The van der Waals surface area contributed by atoms with Crippen LogP contribution < -0.4 is 5.32 Å². The number of rotatable bonds is 8. The summed E-state index contributed by atoms with van der Waals surface area (Å²) in [4.78, 5) is 26.9. The number of carbonyl (C=O) groups is 2. The van der Waals surface area contributed by atoms with Crippen LogP contribution in [-0.4, -0.2) is 22.8 Å². The number of amides is 2. The average Bonchev–Trinajstić information content (AvgIpc) is 3.51. The second-order valence-electron chi connectivity index (χ2n) is 7.45. The summed E-state index contributed by atoms with van der Waals surface area (Å²) in [6, 6.07) is 19.7. The molecule has 2 atom stereocenters. The average molecular weight is 364 g/mol. The molecule has 2 aromatic carbocycles. The lowest BCUT2D eigenvalue weighted by Gasteiger charge is -2.31. The number of carbonyl (C=O) groups excluding carboxylic acids is 2. The van der Waals surface area contributed by atoms with Gasteiger partial charge in [0.2, 0.25) is 11.8 Å². The highest BCUT2D eigenvalue weighted by atomic mass is 16.2. The molecule has 27 heavy (non-hydrogen) atoms. The summed E-state index contributed by atoms with van der Waals surface area (Å²) in [6.07, 6.45) is 2.65. The summed E-state index contributed by atoms with van der Waals surface area (Å²) < 4.78 is 0. The fourth-order valence-electron chi connectivity index (χ4n) is 3.55. The van der Waals surface area contributed by atoms with Gasteiger partial charge in [-0.15, -0.1) is 0 Å². The van der Waals surface area contributed by atoms with E-state index in [1.165, 1.54) is 19.8 Å². The second-order valence-corrected chi connectivity index (χ2v) is 7.45. The Labute approximate surface area is 161 Å². The Morgan fingerprint density at radius 3 is 2.19 bits per heavy atom. The molecule has 1 N–H and O–H groups in total. The van der Waals surface area contributed by atoms with Crippen molar-refractivity contribution < 1.29 is 9.59 Å². The minimum atomic E-state index is -0.305. The van der Waals surface area contributed by atoms with Crippen LogP contribution in [0.1, 0.15) is 50.3 Å². The van der Waals surface area contributed by atoms with Crippen molar-refractivity contribution in [1.82, 2.24) is 10.2 Å². The van der Waals surface area contributed by atoms with Crippen LogP contribution in [0, 0.1) is 5.92 Å². The summed E-state index contributed by atoms with van der Waals surface area (Å²) in [7, 11) is 0. The van der Waals surface area contributed by atoms with Crippen molar-refractivity contribution in [3.05, 3.63) is 71.8 Å². The molecule has 0 spiro atoms. The summed E-state index contributed by atoms with van der Waals surface area (Å²) in [6.45, 7) is 4.25. The molecule has 1 aliphatic carbocycles. The van der Waals surface area contributed by atoms with E-state index >= 15 is 0 Å². The van der Waals surface area contributed by atoms with Crippen molar-refractivity contribution in [3.63, 3.8) is 0 Å². The van der Waals surface area contributed by atoms with Gasteiger partial charge in [-0.3, -0.25) is 9.59 Å². The molecule has 0 aliphatic heterocycles. The largest absolute Gasteiger partial charge is 0.349 e. The van der Waals surface area contributed by atoms with Gasteiger partial charge in [0.15, 0.2) is 0 Å². The number of benzene rings is 2. The number of hydrogen-bond donors (Lipinski definition) is 1. The van der Waals surface area contributed by atoms with Gasteiger partial charge in [-0.05, 0) is 36.8 Å². The Morgan fingerprint density at radius 2 is 1.63 bits per heavy atom. The summed E-state index contributed by atoms with van der Waals surface area (Å²) in [5, 5.41) is 2.94. The predicted molar refractivity (Wildman–Crippen MR) is 107 cm³/mol. The minimum absolute atomic E-state index is 0.0841. The molecule has 1 fully saturated rings. The molecule has 1 saturated carbocycles. The Balaban J connectivity index is 1.77. The van der Waals surface area contributed by atoms with Gasteiger partial charge >= 0.3 is 0 Å². The number of nitrogens with one attached hydrogen (secondary N) is 1. The predicted octanol–water partition coefficient (Wildman–Crippen LogP) is 4.08. The molecule has 0 saturated heterocycles. The highest BCUT2D eigenvalue weighted by molar-refractivity contribution is 5.79. The first-order chi connectivity index (χ1) is 13.0. The lowest BCUT2D eigenvalue weighted by Crippen LogP contribution is -2.41. The van der Waals surface area contributed by atoms with Crippen molar-refractivity contribution >= 4 is 11.8 Å². The van der Waals surface area contributed by atoms with E-state index in [9.17, 15) is 9.59 Å². The Morgan fingerprint density at radius 1 is 1.04 bits per heavy atom. The summed E-state index contributed by atoms with van der Waals surface area (Å²) in [5.41, 5.74) is 2.09. The highest BCUT2D eigenvalue weighted by Gasteiger charge is 2.35.